The van der Waals surface area contributed by atoms with E-state index in [4.69, 9.17) is 5.73 Å². The molecule has 1 aliphatic carbocycles. The molecule has 0 aliphatic heterocycles. The summed E-state index contributed by atoms with van der Waals surface area (Å²) in [7, 11) is 0. The van der Waals surface area contributed by atoms with Gasteiger partial charge in [0.2, 0.25) is 0 Å². The van der Waals surface area contributed by atoms with Crippen molar-refractivity contribution in [3.8, 4) is 0 Å². The van der Waals surface area contributed by atoms with Gasteiger partial charge in [-0.3, -0.25) is 0 Å². The van der Waals surface area contributed by atoms with Crippen LogP contribution in [0.2, 0.25) is 0 Å². The van der Waals surface area contributed by atoms with Gasteiger partial charge >= 0.3 is 0 Å². The maximum Gasteiger partial charge on any atom is 0.0323 e. The molecule has 1 aromatic carbocycles. The molecule has 82 valence electrons. The molecule has 1 aromatic rings. The topological polar surface area (TPSA) is 26.0 Å². The molecule has 0 spiro atoms. The Balaban J connectivity index is 2.03. The van der Waals surface area contributed by atoms with Gasteiger partial charge in [0.05, 0.1) is 0 Å². The van der Waals surface area contributed by atoms with E-state index in [-0.39, 0.29) is 6.04 Å². The van der Waals surface area contributed by atoms with E-state index < -0.39 is 0 Å². The van der Waals surface area contributed by atoms with E-state index >= 15 is 0 Å². The second kappa shape index (κ2) is 5.32. The Morgan fingerprint density at radius 3 is 2.13 bits per heavy atom. The van der Waals surface area contributed by atoms with Gasteiger partial charge in [0.25, 0.3) is 0 Å². The van der Waals surface area contributed by atoms with Crippen molar-refractivity contribution in [2.75, 3.05) is 0 Å². The van der Waals surface area contributed by atoms with Gasteiger partial charge in [-0.25, -0.2) is 0 Å². The number of nitrogens with two attached hydrogens (primary N) is 1. The summed E-state index contributed by atoms with van der Waals surface area (Å²) < 4.78 is 0. The van der Waals surface area contributed by atoms with Crippen molar-refractivity contribution in [1.29, 1.82) is 0 Å². The summed E-state index contributed by atoms with van der Waals surface area (Å²) in [6.07, 6.45) is 8.17. The minimum Gasteiger partial charge on any atom is -0.324 e. The van der Waals surface area contributed by atoms with Gasteiger partial charge in [0.15, 0.2) is 0 Å². The third-order valence-electron chi connectivity index (χ3n) is 3.59. The zero-order valence-electron chi connectivity index (χ0n) is 9.36. The second-order valence-electron chi connectivity index (χ2n) is 4.69. The van der Waals surface area contributed by atoms with E-state index in [2.05, 4.69) is 30.3 Å². The number of benzene rings is 1. The van der Waals surface area contributed by atoms with Gasteiger partial charge in [0.1, 0.15) is 0 Å². The summed E-state index contributed by atoms with van der Waals surface area (Å²) in [5.74, 6) is 0.704. The van der Waals surface area contributed by atoms with Crippen molar-refractivity contribution in [2.45, 2.75) is 44.6 Å². The Labute approximate surface area is 92.7 Å². The fourth-order valence-corrected chi connectivity index (χ4v) is 2.62. The molecular weight excluding hydrogens is 182 g/mol. The van der Waals surface area contributed by atoms with Crippen LogP contribution in [0.4, 0.5) is 0 Å². The van der Waals surface area contributed by atoms with E-state index in [1.54, 1.807) is 0 Å². The van der Waals surface area contributed by atoms with Crippen LogP contribution in [0.15, 0.2) is 30.3 Å². The molecule has 1 nitrogen and oxygen atoms in total. The summed E-state index contributed by atoms with van der Waals surface area (Å²) in [6.45, 7) is 0. The van der Waals surface area contributed by atoms with Gasteiger partial charge in [-0.2, -0.15) is 0 Å². The van der Waals surface area contributed by atoms with E-state index in [1.807, 2.05) is 0 Å². The highest BCUT2D eigenvalue weighted by Gasteiger charge is 2.20. The fourth-order valence-electron chi connectivity index (χ4n) is 2.62. The second-order valence-corrected chi connectivity index (χ2v) is 4.69. The molecule has 1 fully saturated rings. The smallest absolute Gasteiger partial charge is 0.0323 e. The van der Waals surface area contributed by atoms with Crippen LogP contribution in [0.25, 0.3) is 0 Å². The van der Waals surface area contributed by atoms with Crippen LogP contribution in [-0.4, -0.2) is 0 Å². The predicted molar refractivity (Wildman–Crippen MR) is 64.6 cm³/mol. The molecule has 2 rings (SSSR count). The zero-order chi connectivity index (χ0) is 10.5. The molecule has 0 amide bonds. The van der Waals surface area contributed by atoms with E-state index in [1.165, 1.54) is 44.1 Å². The Hall–Kier alpha value is -0.820. The Morgan fingerprint density at radius 2 is 1.53 bits per heavy atom. The summed E-state index contributed by atoms with van der Waals surface area (Å²) in [5, 5.41) is 0. The molecule has 2 N–H and O–H groups in total. The van der Waals surface area contributed by atoms with Crippen LogP contribution >= 0.6 is 0 Å². The largest absolute Gasteiger partial charge is 0.324 e. The molecule has 1 saturated carbocycles. The number of hydrogen-bond acceptors (Lipinski definition) is 1. The highest BCUT2D eigenvalue weighted by molar-refractivity contribution is 5.19. The van der Waals surface area contributed by atoms with E-state index in [0.717, 1.165) is 0 Å². The van der Waals surface area contributed by atoms with Crippen LogP contribution in [-0.2, 0) is 0 Å². The Kier molecular flexibility index (Phi) is 3.79. The lowest BCUT2D eigenvalue weighted by Crippen LogP contribution is -2.20. The molecule has 15 heavy (non-hydrogen) atoms. The molecule has 0 radical (unpaired) electrons. The average Bonchev–Trinajstić information content (AvgIpc) is 2.58. The minimum atomic E-state index is 0.254. The number of rotatable bonds is 2. The van der Waals surface area contributed by atoms with Crippen LogP contribution in [0, 0.1) is 5.92 Å². The quantitative estimate of drug-likeness (QED) is 0.729. The minimum absolute atomic E-state index is 0.254. The summed E-state index contributed by atoms with van der Waals surface area (Å²) in [6, 6.07) is 10.8. The first kappa shape index (κ1) is 10.7. The molecule has 0 unspecified atom stereocenters. The van der Waals surface area contributed by atoms with Crippen molar-refractivity contribution in [3.05, 3.63) is 35.9 Å². The van der Waals surface area contributed by atoms with Crippen LogP contribution in [0.1, 0.15) is 50.1 Å². The third kappa shape index (κ3) is 2.82. The Morgan fingerprint density at radius 1 is 0.933 bits per heavy atom. The van der Waals surface area contributed by atoms with Gasteiger partial charge < -0.3 is 5.73 Å². The lowest BCUT2D eigenvalue weighted by atomic mass is 9.88. The molecule has 1 aliphatic rings. The molecule has 0 saturated heterocycles. The first-order valence-corrected chi connectivity index (χ1v) is 6.18. The third-order valence-corrected chi connectivity index (χ3v) is 3.59. The lowest BCUT2D eigenvalue weighted by molar-refractivity contribution is 0.382. The summed E-state index contributed by atoms with van der Waals surface area (Å²) in [5.41, 5.74) is 7.65. The monoisotopic (exact) mass is 203 g/mol. The number of hydrogen-bond donors (Lipinski definition) is 1. The zero-order valence-corrected chi connectivity index (χ0v) is 9.36. The van der Waals surface area contributed by atoms with Gasteiger partial charge in [-0.15, -0.1) is 0 Å². The van der Waals surface area contributed by atoms with Crippen molar-refractivity contribution < 1.29 is 0 Å². The molecule has 1 atom stereocenters. The predicted octanol–water partition coefficient (Wildman–Crippen LogP) is 3.66. The Bertz CT molecular complexity index is 273. The summed E-state index contributed by atoms with van der Waals surface area (Å²) >= 11 is 0. The first-order valence-electron chi connectivity index (χ1n) is 6.18. The van der Waals surface area contributed by atoms with Crippen molar-refractivity contribution in [2.24, 2.45) is 11.7 Å². The lowest BCUT2D eigenvalue weighted by Gasteiger charge is -2.22. The van der Waals surface area contributed by atoms with Gasteiger partial charge in [-0.05, 0) is 24.3 Å². The fraction of sp³-hybridized carbons (Fsp3) is 0.571. The molecule has 0 bridgehead atoms. The molecule has 0 heterocycles. The van der Waals surface area contributed by atoms with E-state index in [0.29, 0.717) is 5.92 Å². The maximum atomic E-state index is 6.34. The highest BCUT2D eigenvalue weighted by atomic mass is 14.7. The molecule has 1 heteroatoms. The van der Waals surface area contributed by atoms with Crippen molar-refractivity contribution >= 4 is 0 Å². The normalized spacial score (nSPS) is 20.9. The van der Waals surface area contributed by atoms with E-state index in [9.17, 15) is 0 Å². The van der Waals surface area contributed by atoms with Gasteiger partial charge in [0, 0.05) is 6.04 Å². The highest BCUT2D eigenvalue weighted by Crippen LogP contribution is 2.31. The molecular formula is C14H21N. The average molecular weight is 203 g/mol. The van der Waals surface area contributed by atoms with Crippen molar-refractivity contribution in [3.63, 3.8) is 0 Å². The van der Waals surface area contributed by atoms with Crippen molar-refractivity contribution in [1.82, 2.24) is 0 Å². The van der Waals surface area contributed by atoms with Crippen LogP contribution in [0.3, 0.4) is 0 Å². The molecule has 0 aromatic heterocycles. The van der Waals surface area contributed by atoms with Gasteiger partial charge in [-0.1, -0.05) is 56.0 Å². The maximum absolute atomic E-state index is 6.34. The summed E-state index contributed by atoms with van der Waals surface area (Å²) in [4.78, 5) is 0. The SMILES string of the molecule is N[C@@H](c1ccccc1)C1CCCCCC1. The standard InChI is InChI=1S/C14H21N/c15-14(13-10-6-3-7-11-13)12-8-4-1-2-5-9-12/h3,6-7,10-12,14H,1-2,4-5,8-9,15H2/t14-/m1/s1. The van der Waals surface area contributed by atoms with Crippen LogP contribution < -0.4 is 5.73 Å². The van der Waals surface area contributed by atoms with Crippen LogP contribution in [0.5, 0.6) is 0 Å². The first-order chi connectivity index (χ1) is 7.38.